The standard InChI is InChI=1S/C14H8Cl2N2O2/c15-9-3-4-11(10(16)7-9)18-13(19)12-6-8-2-1-5-17-14(8)20-12/h1-7H,(H,18,19). The topological polar surface area (TPSA) is 55.1 Å². The number of hydrogen-bond acceptors (Lipinski definition) is 3. The lowest BCUT2D eigenvalue weighted by Crippen LogP contribution is -2.11. The van der Waals surface area contributed by atoms with E-state index in [4.69, 9.17) is 27.6 Å². The first-order valence-corrected chi connectivity index (χ1v) is 6.50. The molecule has 0 aliphatic rings. The fourth-order valence-corrected chi connectivity index (χ4v) is 2.22. The summed E-state index contributed by atoms with van der Waals surface area (Å²) in [5.41, 5.74) is 0.884. The first-order chi connectivity index (χ1) is 9.63. The van der Waals surface area contributed by atoms with Gasteiger partial charge in [-0.05, 0) is 36.4 Å². The number of benzene rings is 1. The quantitative estimate of drug-likeness (QED) is 0.764. The summed E-state index contributed by atoms with van der Waals surface area (Å²) in [6, 6.07) is 10.0. The van der Waals surface area contributed by atoms with Crippen molar-refractivity contribution in [3.63, 3.8) is 0 Å². The summed E-state index contributed by atoms with van der Waals surface area (Å²) < 4.78 is 5.37. The first-order valence-electron chi connectivity index (χ1n) is 5.74. The number of halogens is 2. The second-order valence-electron chi connectivity index (χ2n) is 4.09. The number of nitrogens with one attached hydrogen (secondary N) is 1. The zero-order valence-corrected chi connectivity index (χ0v) is 11.6. The van der Waals surface area contributed by atoms with Crippen molar-refractivity contribution < 1.29 is 9.21 Å². The van der Waals surface area contributed by atoms with Crippen LogP contribution < -0.4 is 5.32 Å². The number of pyridine rings is 1. The van der Waals surface area contributed by atoms with Crippen molar-refractivity contribution in [2.45, 2.75) is 0 Å². The Bertz CT molecular complexity index is 766. The summed E-state index contributed by atoms with van der Waals surface area (Å²) in [5, 5.41) is 4.29. The molecule has 1 N–H and O–H groups in total. The third-order valence-electron chi connectivity index (χ3n) is 2.70. The molecular formula is C14H8Cl2N2O2. The number of carbonyl (C=O) groups is 1. The van der Waals surface area contributed by atoms with Gasteiger partial charge < -0.3 is 9.73 Å². The highest BCUT2D eigenvalue weighted by Crippen LogP contribution is 2.26. The number of aromatic nitrogens is 1. The van der Waals surface area contributed by atoms with Gasteiger partial charge in [0, 0.05) is 16.6 Å². The predicted molar refractivity (Wildman–Crippen MR) is 78.4 cm³/mol. The molecule has 0 radical (unpaired) electrons. The van der Waals surface area contributed by atoms with Crippen LogP contribution in [0.15, 0.2) is 47.0 Å². The Labute approximate surface area is 124 Å². The Hall–Kier alpha value is -2.04. The van der Waals surface area contributed by atoms with Crippen LogP contribution in [0.2, 0.25) is 10.0 Å². The molecule has 0 spiro atoms. The molecule has 1 aromatic carbocycles. The van der Waals surface area contributed by atoms with E-state index in [0.717, 1.165) is 5.39 Å². The van der Waals surface area contributed by atoms with Crippen LogP contribution in [0.5, 0.6) is 0 Å². The minimum Gasteiger partial charge on any atom is -0.433 e. The monoisotopic (exact) mass is 306 g/mol. The highest BCUT2D eigenvalue weighted by molar-refractivity contribution is 6.36. The van der Waals surface area contributed by atoms with Crippen LogP contribution in [0.4, 0.5) is 5.69 Å². The highest BCUT2D eigenvalue weighted by Gasteiger charge is 2.14. The second-order valence-corrected chi connectivity index (χ2v) is 4.93. The van der Waals surface area contributed by atoms with Crippen LogP contribution in [-0.4, -0.2) is 10.9 Å². The van der Waals surface area contributed by atoms with Crippen molar-refractivity contribution in [2.75, 3.05) is 5.32 Å². The molecule has 0 saturated heterocycles. The minimum atomic E-state index is -0.396. The molecule has 4 nitrogen and oxygen atoms in total. The fraction of sp³-hybridized carbons (Fsp3) is 0. The van der Waals surface area contributed by atoms with Gasteiger partial charge in [-0.15, -0.1) is 0 Å². The van der Waals surface area contributed by atoms with Crippen molar-refractivity contribution in [1.82, 2.24) is 4.98 Å². The van der Waals surface area contributed by atoms with Gasteiger partial charge in [0.15, 0.2) is 5.76 Å². The maximum atomic E-state index is 12.1. The summed E-state index contributed by atoms with van der Waals surface area (Å²) >= 11 is 11.8. The third kappa shape index (κ3) is 2.48. The van der Waals surface area contributed by atoms with Crippen LogP contribution in [0.1, 0.15) is 10.6 Å². The first kappa shape index (κ1) is 13.0. The Morgan fingerprint density at radius 3 is 2.80 bits per heavy atom. The summed E-state index contributed by atoms with van der Waals surface area (Å²) in [5.74, 6) is -0.225. The summed E-state index contributed by atoms with van der Waals surface area (Å²) in [6.45, 7) is 0. The van der Waals surface area contributed by atoms with Crippen molar-refractivity contribution in [2.24, 2.45) is 0 Å². The lowest BCUT2D eigenvalue weighted by molar-refractivity contribution is 0.0998. The van der Waals surface area contributed by atoms with Gasteiger partial charge in [-0.2, -0.15) is 0 Å². The smallest absolute Gasteiger partial charge is 0.291 e. The van der Waals surface area contributed by atoms with E-state index >= 15 is 0 Å². The number of carbonyl (C=O) groups excluding carboxylic acids is 1. The fourth-order valence-electron chi connectivity index (χ4n) is 1.76. The molecule has 2 heterocycles. The zero-order chi connectivity index (χ0) is 14.1. The van der Waals surface area contributed by atoms with Crippen LogP contribution in [0.3, 0.4) is 0 Å². The van der Waals surface area contributed by atoms with E-state index in [1.54, 1.807) is 36.5 Å². The maximum absolute atomic E-state index is 12.1. The molecule has 3 rings (SSSR count). The lowest BCUT2D eigenvalue weighted by Gasteiger charge is -2.05. The molecule has 0 saturated carbocycles. The Kier molecular flexibility index (Phi) is 3.34. The van der Waals surface area contributed by atoms with Crippen LogP contribution in [-0.2, 0) is 0 Å². The van der Waals surface area contributed by atoms with Crippen molar-refractivity contribution in [1.29, 1.82) is 0 Å². The molecule has 0 aliphatic carbocycles. The third-order valence-corrected chi connectivity index (χ3v) is 3.24. The van der Waals surface area contributed by atoms with Gasteiger partial charge in [-0.3, -0.25) is 4.79 Å². The molecular weight excluding hydrogens is 299 g/mol. The van der Waals surface area contributed by atoms with Gasteiger partial charge in [-0.1, -0.05) is 23.2 Å². The Balaban J connectivity index is 1.89. The Morgan fingerprint density at radius 1 is 1.20 bits per heavy atom. The van der Waals surface area contributed by atoms with Gasteiger partial charge in [-0.25, -0.2) is 4.98 Å². The molecule has 0 fully saturated rings. The van der Waals surface area contributed by atoms with Gasteiger partial charge in [0.05, 0.1) is 10.7 Å². The van der Waals surface area contributed by atoms with E-state index in [1.165, 1.54) is 0 Å². The number of hydrogen-bond donors (Lipinski definition) is 1. The van der Waals surface area contributed by atoms with E-state index in [0.29, 0.717) is 21.4 Å². The molecule has 0 unspecified atom stereocenters. The molecule has 20 heavy (non-hydrogen) atoms. The molecule has 0 bridgehead atoms. The van der Waals surface area contributed by atoms with Gasteiger partial charge in [0.25, 0.3) is 5.91 Å². The van der Waals surface area contributed by atoms with Crippen LogP contribution >= 0.6 is 23.2 Å². The van der Waals surface area contributed by atoms with Crippen molar-refractivity contribution in [3.05, 3.63) is 58.4 Å². The molecule has 1 amide bonds. The summed E-state index contributed by atoms with van der Waals surface area (Å²) in [4.78, 5) is 16.1. The van der Waals surface area contributed by atoms with Crippen LogP contribution in [0, 0.1) is 0 Å². The largest absolute Gasteiger partial charge is 0.433 e. The average Bonchev–Trinajstić information content (AvgIpc) is 2.86. The predicted octanol–water partition coefficient (Wildman–Crippen LogP) is 4.39. The molecule has 0 aliphatic heterocycles. The molecule has 2 aromatic heterocycles. The number of rotatable bonds is 2. The SMILES string of the molecule is O=C(Nc1ccc(Cl)cc1Cl)c1cc2cccnc2o1. The van der Waals surface area contributed by atoms with Gasteiger partial charge >= 0.3 is 0 Å². The summed E-state index contributed by atoms with van der Waals surface area (Å²) in [6.07, 6.45) is 1.60. The van der Waals surface area contributed by atoms with Crippen LogP contribution in [0.25, 0.3) is 11.1 Å². The minimum absolute atomic E-state index is 0.171. The molecule has 3 aromatic rings. The maximum Gasteiger partial charge on any atom is 0.291 e. The van der Waals surface area contributed by atoms with E-state index in [2.05, 4.69) is 10.3 Å². The van der Waals surface area contributed by atoms with Gasteiger partial charge in [0.1, 0.15) is 0 Å². The molecule has 6 heteroatoms. The van der Waals surface area contributed by atoms with E-state index in [-0.39, 0.29) is 5.76 Å². The zero-order valence-electron chi connectivity index (χ0n) is 10.1. The van der Waals surface area contributed by atoms with Crippen molar-refractivity contribution in [3.8, 4) is 0 Å². The highest BCUT2D eigenvalue weighted by atomic mass is 35.5. The van der Waals surface area contributed by atoms with E-state index in [1.807, 2.05) is 6.07 Å². The van der Waals surface area contributed by atoms with E-state index < -0.39 is 5.91 Å². The average molecular weight is 307 g/mol. The molecule has 100 valence electrons. The molecule has 0 atom stereocenters. The number of furan rings is 1. The number of nitrogens with zero attached hydrogens (tertiary/aromatic N) is 1. The number of amides is 1. The number of fused-ring (bicyclic) bond motifs is 1. The Morgan fingerprint density at radius 2 is 2.05 bits per heavy atom. The second kappa shape index (κ2) is 5.15. The lowest BCUT2D eigenvalue weighted by atomic mass is 10.3. The normalized spacial score (nSPS) is 10.7. The van der Waals surface area contributed by atoms with E-state index in [9.17, 15) is 4.79 Å². The number of anilines is 1. The van der Waals surface area contributed by atoms with Gasteiger partial charge in [0.2, 0.25) is 5.71 Å². The van der Waals surface area contributed by atoms with Crippen molar-refractivity contribution >= 4 is 45.9 Å². The summed E-state index contributed by atoms with van der Waals surface area (Å²) in [7, 11) is 0.